The number of rotatable bonds is 4. The topological polar surface area (TPSA) is 76.3 Å². The number of fused-ring (bicyclic) bond motifs is 1. The Balaban J connectivity index is 1.53. The Hall–Kier alpha value is -3.03. The molecule has 0 amide bonds. The fourth-order valence-electron chi connectivity index (χ4n) is 3.90. The fourth-order valence-corrected chi connectivity index (χ4v) is 5.76. The summed E-state index contributed by atoms with van der Waals surface area (Å²) in [6.45, 7) is 0.430. The van der Waals surface area contributed by atoms with Crippen LogP contribution < -0.4 is 0 Å². The molecule has 146 valence electrons. The summed E-state index contributed by atoms with van der Waals surface area (Å²) in [4.78, 5) is 4.81. The molecule has 29 heavy (non-hydrogen) atoms. The molecule has 1 aliphatic rings. The van der Waals surface area contributed by atoms with Crippen LogP contribution in [-0.2, 0) is 10.0 Å². The predicted octanol–water partition coefficient (Wildman–Crippen LogP) is 4.42. The average Bonchev–Trinajstić information content (AvgIpc) is 3.44. The minimum absolute atomic E-state index is 0.310. The molecule has 1 aromatic heterocycles. The second kappa shape index (κ2) is 7.09. The maximum atomic E-state index is 13.5. The molecule has 5 rings (SSSR count). The van der Waals surface area contributed by atoms with Crippen molar-refractivity contribution in [2.24, 2.45) is 0 Å². The van der Waals surface area contributed by atoms with E-state index in [0.29, 0.717) is 29.6 Å². The summed E-state index contributed by atoms with van der Waals surface area (Å²) in [6.07, 6.45) is 1.40. The van der Waals surface area contributed by atoms with Crippen LogP contribution in [0.5, 0.6) is 0 Å². The zero-order valence-electron chi connectivity index (χ0n) is 15.6. The molecule has 2 heterocycles. The van der Waals surface area contributed by atoms with Crippen LogP contribution in [0.15, 0.2) is 82.2 Å². The van der Waals surface area contributed by atoms with Crippen LogP contribution in [0.4, 0.5) is 0 Å². The highest BCUT2D eigenvalue weighted by molar-refractivity contribution is 7.89. The molecule has 1 saturated heterocycles. The van der Waals surface area contributed by atoms with E-state index in [1.54, 1.807) is 12.1 Å². The molecule has 7 heteroatoms. The van der Waals surface area contributed by atoms with Crippen LogP contribution in [0.3, 0.4) is 0 Å². The number of aromatic nitrogens is 2. The monoisotopic (exact) mass is 405 g/mol. The first-order valence-corrected chi connectivity index (χ1v) is 11.0. The summed E-state index contributed by atoms with van der Waals surface area (Å²) in [7, 11) is -3.71. The second-order valence-electron chi connectivity index (χ2n) is 7.07. The molecule has 3 aromatic carbocycles. The summed E-state index contributed by atoms with van der Waals surface area (Å²) >= 11 is 0. The van der Waals surface area contributed by atoms with Crippen molar-refractivity contribution >= 4 is 20.8 Å². The highest BCUT2D eigenvalue weighted by Crippen LogP contribution is 2.38. The van der Waals surface area contributed by atoms with E-state index < -0.39 is 16.1 Å². The Morgan fingerprint density at radius 2 is 1.69 bits per heavy atom. The van der Waals surface area contributed by atoms with Crippen molar-refractivity contribution in [1.82, 2.24) is 14.4 Å². The first-order valence-electron chi connectivity index (χ1n) is 9.53. The lowest BCUT2D eigenvalue weighted by Crippen LogP contribution is -2.31. The molecule has 1 atom stereocenters. The molecule has 0 spiro atoms. The molecule has 0 radical (unpaired) electrons. The van der Waals surface area contributed by atoms with Crippen molar-refractivity contribution in [1.29, 1.82) is 0 Å². The number of hydrogen-bond acceptors (Lipinski definition) is 5. The third kappa shape index (κ3) is 3.12. The van der Waals surface area contributed by atoms with Gasteiger partial charge in [-0.25, -0.2) is 8.42 Å². The third-order valence-electron chi connectivity index (χ3n) is 5.30. The Bertz CT molecular complexity index is 1260. The zero-order chi connectivity index (χ0) is 19.8. The highest BCUT2D eigenvalue weighted by Gasteiger charge is 2.40. The molecule has 1 fully saturated rings. The maximum Gasteiger partial charge on any atom is 0.245 e. The van der Waals surface area contributed by atoms with Crippen LogP contribution in [-0.4, -0.2) is 29.4 Å². The van der Waals surface area contributed by atoms with Gasteiger partial charge in [0.1, 0.15) is 6.04 Å². The lowest BCUT2D eigenvalue weighted by atomic mass is 10.1. The molecule has 4 aromatic rings. The van der Waals surface area contributed by atoms with Crippen LogP contribution in [0.2, 0.25) is 0 Å². The minimum atomic E-state index is -3.71. The van der Waals surface area contributed by atoms with Crippen molar-refractivity contribution in [2.45, 2.75) is 23.8 Å². The van der Waals surface area contributed by atoms with E-state index in [1.165, 1.54) is 4.31 Å². The Labute approximate surface area is 168 Å². The number of benzene rings is 3. The molecule has 0 saturated carbocycles. The normalized spacial score (nSPS) is 17.7. The van der Waals surface area contributed by atoms with Crippen LogP contribution in [0.1, 0.15) is 24.8 Å². The molecule has 1 aliphatic heterocycles. The van der Waals surface area contributed by atoms with E-state index in [-0.39, 0.29) is 0 Å². The molecule has 1 unspecified atom stereocenters. The van der Waals surface area contributed by atoms with Gasteiger partial charge in [0.15, 0.2) is 0 Å². The quantitative estimate of drug-likeness (QED) is 0.502. The number of hydrogen-bond donors (Lipinski definition) is 0. The first-order chi connectivity index (χ1) is 14.1. The van der Waals surface area contributed by atoms with E-state index >= 15 is 0 Å². The van der Waals surface area contributed by atoms with Gasteiger partial charge in [-0.15, -0.1) is 0 Å². The Morgan fingerprint density at radius 1 is 0.931 bits per heavy atom. The fraction of sp³-hybridized carbons (Fsp3) is 0.182. The maximum absolute atomic E-state index is 13.5. The average molecular weight is 405 g/mol. The lowest BCUT2D eigenvalue weighted by molar-refractivity contribution is 0.291. The van der Waals surface area contributed by atoms with E-state index in [1.807, 2.05) is 60.7 Å². The third-order valence-corrected chi connectivity index (χ3v) is 7.27. The van der Waals surface area contributed by atoms with Crippen LogP contribution >= 0.6 is 0 Å². The van der Waals surface area contributed by atoms with Crippen molar-refractivity contribution in [2.75, 3.05) is 6.54 Å². The molecule has 0 aliphatic carbocycles. The Kier molecular flexibility index (Phi) is 4.41. The van der Waals surface area contributed by atoms with Gasteiger partial charge in [0.2, 0.25) is 21.7 Å². The van der Waals surface area contributed by atoms with E-state index in [4.69, 9.17) is 4.52 Å². The van der Waals surface area contributed by atoms with Gasteiger partial charge in [-0.1, -0.05) is 71.9 Å². The molecule has 0 bridgehead atoms. The van der Waals surface area contributed by atoms with Gasteiger partial charge in [-0.05, 0) is 24.3 Å². The van der Waals surface area contributed by atoms with Gasteiger partial charge < -0.3 is 4.52 Å². The first kappa shape index (κ1) is 18.0. The van der Waals surface area contributed by atoms with Gasteiger partial charge >= 0.3 is 0 Å². The summed E-state index contributed by atoms with van der Waals surface area (Å²) in [5, 5.41) is 5.68. The number of sulfonamides is 1. The van der Waals surface area contributed by atoms with Crippen molar-refractivity contribution in [3.8, 4) is 11.4 Å². The minimum Gasteiger partial charge on any atom is -0.337 e. The van der Waals surface area contributed by atoms with Gasteiger partial charge in [0.05, 0.1) is 4.90 Å². The van der Waals surface area contributed by atoms with Gasteiger partial charge in [-0.3, -0.25) is 0 Å². The van der Waals surface area contributed by atoms with Crippen LogP contribution in [0, 0.1) is 0 Å². The van der Waals surface area contributed by atoms with E-state index in [2.05, 4.69) is 10.1 Å². The van der Waals surface area contributed by atoms with Crippen LogP contribution in [0.25, 0.3) is 22.2 Å². The highest BCUT2D eigenvalue weighted by atomic mass is 32.2. The zero-order valence-corrected chi connectivity index (χ0v) is 16.4. The van der Waals surface area contributed by atoms with Crippen molar-refractivity contribution < 1.29 is 12.9 Å². The van der Waals surface area contributed by atoms with Crippen molar-refractivity contribution in [3.63, 3.8) is 0 Å². The molecule has 0 N–H and O–H groups in total. The molecular weight excluding hydrogens is 386 g/mol. The molecular formula is C22H19N3O3S. The SMILES string of the molecule is O=S(=O)(c1cccc2ccccc12)N1CCCC1c1nc(-c2ccccc2)no1. The second-order valence-corrected chi connectivity index (χ2v) is 8.93. The summed E-state index contributed by atoms with van der Waals surface area (Å²) < 4.78 is 34.1. The smallest absolute Gasteiger partial charge is 0.245 e. The predicted molar refractivity (Wildman–Crippen MR) is 110 cm³/mol. The van der Waals surface area contributed by atoms with E-state index in [0.717, 1.165) is 22.8 Å². The standard InChI is InChI=1S/C22H19N3O3S/c26-29(27,20-14-6-11-16-8-4-5-12-18(16)20)25-15-7-13-19(25)22-23-21(24-28-22)17-9-2-1-3-10-17/h1-6,8-12,14,19H,7,13,15H2. The van der Waals surface area contributed by atoms with Crippen molar-refractivity contribution in [3.05, 3.63) is 78.7 Å². The summed E-state index contributed by atoms with van der Waals surface area (Å²) in [5.74, 6) is 0.806. The number of nitrogens with zero attached hydrogens (tertiary/aromatic N) is 3. The van der Waals surface area contributed by atoms with Gasteiger partial charge in [0.25, 0.3) is 0 Å². The van der Waals surface area contributed by atoms with Gasteiger partial charge in [-0.2, -0.15) is 9.29 Å². The lowest BCUT2D eigenvalue weighted by Gasteiger charge is -2.22. The largest absolute Gasteiger partial charge is 0.337 e. The summed E-state index contributed by atoms with van der Waals surface area (Å²) in [5.41, 5.74) is 0.837. The Morgan fingerprint density at radius 3 is 2.55 bits per heavy atom. The summed E-state index contributed by atoms with van der Waals surface area (Å²) in [6, 6.07) is 21.9. The van der Waals surface area contributed by atoms with Gasteiger partial charge in [0, 0.05) is 17.5 Å². The van der Waals surface area contributed by atoms with E-state index in [9.17, 15) is 8.42 Å². The molecule has 6 nitrogen and oxygen atoms in total.